The second-order valence-electron chi connectivity index (χ2n) is 9.75. The Morgan fingerprint density at radius 1 is 1.08 bits per heavy atom. The van der Waals surface area contributed by atoms with Crippen molar-refractivity contribution in [3.8, 4) is 11.5 Å². The van der Waals surface area contributed by atoms with Crippen molar-refractivity contribution < 1.29 is 28.5 Å². The molecule has 2 aliphatic rings. The number of hydrogen-bond donors (Lipinski definition) is 1. The van der Waals surface area contributed by atoms with E-state index in [1.807, 2.05) is 56.3 Å². The molecule has 0 fully saturated rings. The largest absolute Gasteiger partial charge is 0.496 e. The van der Waals surface area contributed by atoms with E-state index in [0.29, 0.717) is 36.5 Å². The lowest BCUT2D eigenvalue weighted by Crippen LogP contribution is -2.42. The van der Waals surface area contributed by atoms with Gasteiger partial charge in [0, 0.05) is 35.2 Å². The maximum absolute atomic E-state index is 13.8. The second-order valence-corrected chi connectivity index (χ2v) is 10.6. The van der Waals surface area contributed by atoms with E-state index < -0.39 is 17.8 Å². The average Bonchev–Trinajstić information content (AvgIpc) is 2.89. The van der Waals surface area contributed by atoms with Crippen LogP contribution in [0.25, 0.3) is 0 Å². The Labute approximate surface area is 232 Å². The van der Waals surface area contributed by atoms with Crippen molar-refractivity contribution in [1.29, 1.82) is 0 Å². The number of esters is 1. The molecule has 0 amide bonds. The molecule has 0 saturated carbocycles. The summed E-state index contributed by atoms with van der Waals surface area (Å²) in [6.45, 7) is 8.47. The standard InChI is InChI=1S/C30H34BrNO6/c1-17(2)37-12-13-38-30(34)27-18(3)32-23-15-20(21-8-6-7-9-25(21)35-4)16-24(33)29(23)28(27)19-10-11-26(36-5)22(31)14-19/h6-11,14,17,20,27-28,32H,3,12-13,15-16H2,1-2,4-5H3. The van der Waals surface area contributed by atoms with Crippen LogP contribution in [0.5, 0.6) is 11.5 Å². The van der Waals surface area contributed by atoms with Gasteiger partial charge in [-0.05, 0) is 65.5 Å². The van der Waals surface area contributed by atoms with Gasteiger partial charge < -0.3 is 24.3 Å². The minimum absolute atomic E-state index is 0.0139. The fraction of sp³-hybridized carbons (Fsp3) is 0.400. The molecule has 1 aliphatic heterocycles. The van der Waals surface area contributed by atoms with E-state index >= 15 is 0 Å². The second kappa shape index (κ2) is 12.2. The average molecular weight is 585 g/mol. The number of benzene rings is 2. The van der Waals surface area contributed by atoms with E-state index in [1.54, 1.807) is 14.2 Å². The molecule has 1 N–H and O–H groups in total. The number of carbonyl (C=O) groups is 2. The van der Waals surface area contributed by atoms with Gasteiger partial charge in [-0.3, -0.25) is 9.59 Å². The van der Waals surface area contributed by atoms with Crippen LogP contribution in [0.1, 0.15) is 49.7 Å². The van der Waals surface area contributed by atoms with Gasteiger partial charge in [0.15, 0.2) is 5.78 Å². The molecule has 8 heteroatoms. The minimum atomic E-state index is -0.778. The lowest BCUT2D eigenvalue weighted by molar-refractivity contribution is -0.150. The Morgan fingerprint density at radius 3 is 2.50 bits per heavy atom. The van der Waals surface area contributed by atoms with Crippen molar-refractivity contribution in [2.24, 2.45) is 5.92 Å². The summed E-state index contributed by atoms with van der Waals surface area (Å²) in [5, 5.41) is 3.32. The third kappa shape index (κ3) is 5.81. The molecular weight excluding hydrogens is 550 g/mol. The summed E-state index contributed by atoms with van der Waals surface area (Å²) in [4.78, 5) is 27.3. The molecule has 0 spiro atoms. The van der Waals surface area contributed by atoms with E-state index in [9.17, 15) is 9.59 Å². The van der Waals surface area contributed by atoms with Gasteiger partial charge in [-0.2, -0.15) is 0 Å². The lowest BCUT2D eigenvalue weighted by atomic mass is 9.69. The highest BCUT2D eigenvalue weighted by Crippen LogP contribution is 2.48. The van der Waals surface area contributed by atoms with E-state index in [0.717, 1.165) is 27.0 Å². The number of carbonyl (C=O) groups excluding carboxylic acids is 2. The normalized spacial score (nSPS) is 21.2. The van der Waals surface area contributed by atoms with Gasteiger partial charge in [0.1, 0.15) is 24.0 Å². The molecule has 202 valence electrons. The molecule has 0 bridgehead atoms. The van der Waals surface area contributed by atoms with E-state index in [4.69, 9.17) is 18.9 Å². The number of nitrogens with one attached hydrogen (secondary N) is 1. The Hall–Kier alpha value is -3.10. The first kappa shape index (κ1) is 27.9. The molecule has 3 atom stereocenters. The quantitative estimate of drug-likeness (QED) is 0.301. The first-order valence-electron chi connectivity index (χ1n) is 12.7. The number of halogens is 1. The van der Waals surface area contributed by atoms with Gasteiger partial charge in [-0.15, -0.1) is 0 Å². The molecule has 2 aromatic rings. The zero-order chi connectivity index (χ0) is 27.4. The monoisotopic (exact) mass is 583 g/mol. The number of Topliss-reactive ketones (excluding diaryl/α,β-unsaturated/α-hetero) is 1. The summed E-state index contributed by atoms with van der Waals surface area (Å²) in [7, 11) is 3.23. The summed E-state index contributed by atoms with van der Waals surface area (Å²) in [6.07, 6.45) is 0.942. The van der Waals surface area contributed by atoms with Crippen LogP contribution in [0.4, 0.5) is 0 Å². The van der Waals surface area contributed by atoms with Crippen molar-refractivity contribution in [3.05, 3.63) is 81.6 Å². The van der Waals surface area contributed by atoms with Crippen LogP contribution in [0.2, 0.25) is 0 Å². The number of rotatable bonds is 9. The fourth-order valence-corrected chi connectivity index (χ4v) is 5.86. The molecule has 1 aliphatic carbocycles. The molecule has 0 aromatic heterocycles. The van der Waals surface area contributed by atoms with Crippen molar-refractivity contribution >= 4 is 27.7 Å². The van der Waals surface area contributed by atoms with Crippen molar-refractivity contribution in [3.63, 3.8) is 0 Å². The summed E-state index contributed by atoms with van der Waals surface area (Å²) in [5.74, 6) is -0.433. The molecule has 0 radical (unpaired) electrons. The number of para-hydroxylation sites is 1. The Kier molecular flexibility index (Phi) is 8.95. The van der Waals surface area contributed by atoms with Crippen LogP contribution in [0.15, 0.2) is 70.5 Å². The third-order valence-electron chi connectivity index (χ3n) is 6.99. The highest BCUT2D eigenvalue weighted by molar-refractivity contribution is 9.10. The molecule has 3 unspecified atom stereocenters. The van der Waals surface area contributed by atoms with Crippen LogP contribution in [0.3, 0.4) is 0 Å². The Balaban J connectivity index is 1.73. The number of hydrogen-bond acceptors (Lipinski definition) is 7. The van der Waals surface area contributed by atoms with E-state index in [1.165, 1.54) is 0 Å². The molecule has 7 nitrogen and oxygen atoms in total. The molecule has 1 heterocycles. The molecule has 38 heavy (non-hydrogen) atoms. The van der Waals surface area contributed by atoms with Crippen LogP contribution in [-0.4, -0.2) is 45.3 Å². The first-order valence-corrected chi connectivity index (χ1v) is 13.5. The van der Waals surface area contributed by atoms with Crippen molar-refractivity contribution in [2.45, 2.75) is 44.6 Å². The van der Waals surface area contributed by atoms with Crippen LogP contribution >= 0.6 is 15.9 Å². The lowest BCUT2D eigenvalue weighted by Gasteiger charge is -2.40. The number of methoxy groups -OCH3 is 2. The fourth-order valence-electron chi connectivity index (χ4n) is 5.30. The number of allylic oxidation sites excluding steroid dienone is 2. The van der Waals surface area contributed by atoms with E-state index in [-0.39, 0.29) is 24.4 Å². The maximum Gasteiger partial charge on any atom is 0.315 e. The van der Waals surface area contributed by atoms with Crippen LogP contribution in [0, 0.1) is 5.92 Å². The smallest absolute Gasteiger partial charge is 0.315 e. The van der Waals surface area contributed by atoms with E-state index in [2.05, 4.69) is 27.8 Å². The zero-order valence-corrected chi connectivity index (χ0v) is 23.8. The predicted octanol–water partition coefficient (Wildman–Crippen LogP) is 5.65. The highest BCUT2D eigenvalue weighted by atomic mass is 79.9. The van der Waals surface area contributed by atoms with Gasteiger partial charge in [0.2, 0.25) is 0 Å². The first-order chi connectivity index (χ1) is 18.2. The molecule has 4 rings (SSSR count). The summed E-state index contributed by atoms with van der Waals surface area (Å²) in [6, 6.07) is 13.4. The summed E-state index contributed by atoms with van der Waals surface area (Å²) >= 11 is 3.56. The minimum Gasteiger partial charge on any atom is -0.496 e. The summed E-state index contributed by atoms with van der Waals surface area (Å²) < 4.78 is 22.9. The van der Waals surface area contributed by atoms with Gasteiger partial charge >= 0.3 is 5.97 Å². The van der Waals surface area contributed by atoms with Gasteiger partial charge in [0.05, 0.1) is 31.4 Å². The number of ketones is 1. The third-order valence-corrected chi connectivity index (χ3v) is 7.61. The molecule has 0 saturated heterocycles. The maximum atomic E-state index is 13.8. The predicted molar refractivity (Wildman–Crippen MR) is 148 cm³/mol. The van der Waals surface area contributed by atoms with Crippen molar-refractivity contribution in [2.75, 3.05) is 27.4 Å². The van der Waals surface area contributed by atoms with Gasteiger partial charge in [-0.1, -0.05) is 30.8 Å². The van der Waals surface area contributed by atoms with Gasteiger partial charge in [-0.25, -0.2) is 0 Å². The highest BCUT2D eigenvalue weighted by Gasteiger charge is 2.45. The van der Waals surface area contributed by atoms with Crippen LogP contribution < -0.4 is 14.8 Å². The van der Waals surface area contributed by atoms with Gasteiger partial charge in [0.25, 0.3) is 0 Å². The molecular formula is C30H34BrNO6. The van der Waals surface area contributed by atoms with Crippen LogP contribution in [-0.2, 0) is 19.1 Å². The SMILES string of the molecule is C=C1NC2=C(C(=O)CC(c3ccccc3OC)C2)C(c2ccc(OC)c(Br)c2)C1C(=O)OCCOC(C)C. The topological polar surface area (TPSA) is 83.1 Å². The van der Waals surface area contributed by atoms with Crippen molar-refractivity contribution in [1.82, 2.24) is 5.32 Å². The molecule has 2 aromatic carbocycles. The Bertz CT molecular complexity index is 1250. The Morgan fingerprint density at radius 2 is 1.82 bits per heavy atom. The number of ether oxygens (including phenoxy) is 4. The zero-order valence-electron chi connectivity index (χ0n) is 22.2. The summed E-state index contributed by atoms with van der Waals surface area (Å²) in [5.41, 5.74) is 3.67.